The van der Waals surface area contributed by atoms with E-state index in [0.29, 0.717) is 32.5 Å². The number of methoxy groups -OCH3 is 1. The van der Waals surface area contributed by atoms with Gasteiger partial charge in [0.25, 0.3) is 5.91 Å². The van der Waals surface area contributed by atoms with E-state index in [4.69, 9.17) is 4.74 Å². The van der Waals surface area contributed by atoms with Gasteiger partial charge in [0.1, 0.15) is 5.82 Å². The summed E-state index contributed by atoms with van der Waals surface area (Å²) in [5.74, 6) is -0.974. The third-order valence-electron chi connectivity index (χ3n) is 4.50. The fourth-order valence-corrected chi connectivity index (χ4v) is 4.60. The quantitative estimate of drug-likeness (QED) is 0.676. The molecular formula is C17H22FN5O4S. The molecule has 1 amide bonds. The van der Waals surface area contributed by atoms with E-state index in [-0.39, 0.29) is 29.1 Å². The highest BCUT2D eigenvalue weighted by molar-refractivity contribution is 7.89. The van der Waals surface area contributed by atoms with Crippen molar-refractivity contribution in [2.24, 2.45) is 0 Å². The molecule has 0 aliphatic carbocycles. The van der Waals surface area contributed by atoms with Gasteiger partial charge in [0, 0.05) is 26.7 Å². The Morgan fingerprint density at radius 2 is 2.25 bits per heavy atom. The molecule has 0 bridgehead atoms. The minimum Gasteiger partial charge on any atom is -0.383 e. The van der Waals surface area contributed by atoms with E-state index < -0.39 is 15.8 Å². The maximum absolute atomic E-state index is 13.4. The van der Waals surface area contributed by atoms with Gasteiger partial charge in [0.15, 0.2) is 5.69 Å². The molecule has 1 saturated heterocycles. The fourth-order valence-electron chi connectivity index (χ4n) is 3.05. The Labute approximate surface area is 162 Å². The molecule has 9 nitrogen and oxygen atoms in total. The minimum absolute atomic E-state index is 0.0787. The van der Waals surface area contributed by atoms with Crippen molar-refractivity contribution >= 4 is 15.9 Å². The van der Waals surface area contributed by atoms with Gasteiger partial charge in [-0.25, -0.2) is 17.5 Å². The largest absolute Gasteiger partial charge is 0.383 e. The summed E-state index contributed by atoms with van der Waals surface area (Å²) in [5.41, 5.74) is 0.154. The number of carbonyl (C=O) groups excluding carboxylic acids is 1. The van der Waals surface area contributed by atoms with Crippen molar-refractivity contribution in [1.82, 2.24) is 24.6 Å². The first-order valence-corrected chi connectivity index (χ1v) is 10.3. The highest BCUT2D eigenvalue weighted by Crippen LogP contribution is 2.26. The Morgan fingerprint density at radius 3 is 3.00 bits per heavy atom. The van der Waals surface area contributed by atoms with Crippen LogP contribution < -0.4 is 5.32 Å². The van der Waals surface area contributed by atoms with E-state index in [0.717, 1.165) is 6.07 Å². The van der Waals surface area contributed by atoms with Gasteiger partial charge in [0.05, 0.1) is 23.7 Å². The van der Waals surface area contributed by atoms with Crippen LogP contribution in [0, 0.1) is 5.82 Å². The van der Waals surface area contributed by atoms with Gasteiger partial charge in [-0.2, -0.15) is 4.31 Å². The second-order valence-electron chi connectivity index (χ2n) is 6.45. The molecule has 0 saturated carbocycles. The number of halogens is 1. The predicted molar refractivity (Wildman–Crippen MR) is 97.7 cm³/mol. The number of nitrogens with zero attached hydrogens (tertiary/aromatic N) is 4. The zero-order chi connectivity index (χ0) is 20.1. The molecule has 0 unspecified atom stereocenters. The highest BCUT2D eigenvalue weighted by atomic mass is 32.2. The maximum Gasteiger partial charge on any atom is 0.273 e. The minimum atomic E-state index is -3.81. The normalized spacial score (nSPS) is 18.1. The molecule has 1 atom stereocenters. The Bertz CT molecular complexity index is 933. The van der Waals surface area contributed by atoms with E-state index in [1.54, 1.807) is 0 Å². The first-order chi connectivity index (χ1) is 13.4. The number of benzene rings is 1. The number of sulfonamides is 1. The van der Waals surface area contributed by atoms with Gasteiger partial charge in [-0.1, -0.05) is 11.3 Å². The molecule has 1 fully saturated rings. The number of carbonyl (C=O) groups is 1. The molecule has 3 rings (SSSR count). The monoisotopic (exact) mass is 411 g/mol. The van der Waals surface area contributed by atoms with Crippen molar-refractivity contribution in [1.29, 1.82) is 0 Å². The van der Waals surface area contributed by atoms with Crippen LogP contribution in [0.2, 0.25) is 0 Å². The molecule has 1 aromatic carbocycles. The molecule has 1 N–H and O–H groups in total. The van der Waals surface area contributed by atoms with Gasteiger partial charge >= 0.3 is 0 Å². The number of hydrogen-bond donors (Lipinski definition) is 1. The van der Waals surface area contributed by atoms with Crippen molar-refractivity contribution in [2.75, 3.05) is 33.4 Å². The molecule has 1 aromatic heterocycles. The number of rotatable bonds is 7. The smallest absolute Gasteiger partial charge is 0.273 e. The summed E-state index contributed by atoms with van der Waals surface area (Å²) >= 11 is 0. The van der Waals surface area contributed by atoms with Gasteiger partial charge in [0.2, 0.25) is 10.0 Å². The topological polar surface area (TPSA) is 106 Å². The summed E-state index contributed by atoms with van der Waals surface area (Å²) in [7, 11) is -2.27. The fraction of sp³-hybridized carbons (Fsp3) is 0.471. The van der Waals surface area contributed by atoms with Crippen LogP contribution in [0.3, 0.4) is 0 Å². The van der Waals surface area contributed by atoms with Gasteiger partial charge < -0.3 is 10.1 Å². The first-order valence-electron chi connectivity index (χ1n) is 8.86. The van der Waals surface area contributed by atoms with E-state index in [1.807, 2.05) is 0 Å². The second kappa shape index (κ2) is 8.76. The third kappa shape index (κ3) is 4.54. The van der Waals surface area contributed by atoms with Gasteiger partial charge in [-0.3, -0.25) is 4.79 Å². The number of amides is 1. The van der Waals surface area contributed by atoms with Crippen LogP contribution >= 0.6 is 0 Å². The van der Waals surface area contributed by atoms with Crippen LogP contribution in [0.1, 0.15) is 29.4 Å². The van der Waals surface area contributed by atoms with Crippen molar-refractivity contribution < 1.29 is 22.3 Å². The summed E-state index contributed by atoms with van der Waals surface area (Å²) in [6.07, 6.45) is 2.82. The Balaban J connectivity index is 1.71. The summed E-state index contributed by atoms with van der Waals surface area (Å²) in [4.78, 5) is 12.0. The second-order valence-corrected chi connectivity index (χ2v) is 8.39. The van der Waals surface area contributed by atoms with E-state index in [2.05, 4.69) is 15.6 Å². The molecule has 11 heteroatoms. The Morgan fingerprint density at radius 1 is 1.43 bits per heavy atom. The van der Waals surface area contributed by atoms with Crippen LogP contribution in [-0.2, 0) is 14.8 Å². The summed E-state index contributed by atoms with van der Waals surface area (Å²) < 4.78 is 46.8. The number of hydrogen-bond acceptors (Lipinski definition) is 6. The van der Waals surface area contributed by atoms with Gasteiger partial charge in [-0.05, 0) is 31.0 Å². The van der Waals surface area contributed by atoms with Crippen LogP contribution in [0.15, 0.2) is 35.4 Å². The maximum atomic E-state index is 13.4. The van der Waals surface area contributed by atoms with Crippen molar-refractivity contribution in [2.45, 2.75) is 23.8 Å². The SMILES string of the molecule is COCCNC(=O)c1cn([C@H]2CCCN(S(=O)(=O)c3cccc(F)c3)C2)nn1. The molecule has 28 heavy (non-hydrogen) atoms. The predicted octanol–water partition coefficient (Wildman–Crippen LogP) is 0.819. The number of piperidine rings is 1. The summed E-state index contributed by atoms with van der Waals surface area (Å²) in [6, 6.07) is 4.70. The molecule has 0 radical (unpaired) electrons. The zero-order valence-corrected chi connectivity index (χ0v) is 16.2. The van der Waals surface area contributed by atoms with Crippen LogP contribution in [0.25, 0.3) is 0 Å². The van der Waals surface area contributed by atoms with E-state index in [1.165, 1.54) is 40.5 Å². The molecule has 1 aliphatic rings. The van der Waals surface area contributed by atoms with E-state index in [9.17, 15) is 17.6 Å². The third-order valence-corrected chi connectivity index (χ3v) is 6.36. The Kier molecular flexibility index (Phi) is 6.37. The lowest BCUT2D eigenvalue weighted by Gasteiger charge is -2.31. The first kappa shape index (κ1) is 20.4. The van der Waals surface area contributed by atoms with E-state index >= 15 is 0 Å². The average molecular weight is 411 g/mol. The number of nitrogens with one attached hydrogen (secondary N) is 1. The lowest BCUT2D eigenvalue weighted by atomic mass is 10.1. The van der Waals surface area contributed by atoms with Crippen LogP contribution in [0.5, 0.6) is 0 Å². The molecule has 0 spiro atoms. The van der Waals surface area contributed by atoms with Crippen LogP contribution in [-0.4, -0.2) is 67.0 Å². The molecule has 1 aliphatic heterocycles. The standard InChI is InChI=1S/C17H22FN5O4S/c1-27-9-7-19-17(24)16-12-23(21-20-16)14-5-3-8-22(11-14)28(25,26)15-6-2-4-13(18)10-15/h2,4,6,10,12,14H,3,5,7-9,11H2,1H3,(H,19,24)/t14-/m0/s1. The van der Waals surface area contributed by atoms with Crippen molar-refractivity contribution in [3.05, 3.63) is 42.0 Å². The molecule has 2 heterocycles. The van der Waals surface area contributed by atoms with Gasteiger partial charge in [-0.15, -0.1) is 5.10 Å². The highest BCUT2D eigenvalue weighted by Gasteiger charge is 2.32. The van der Waals surface area contributed by atoms with Crippen molar-refractivity contribution in [3.63, 3.8) is 0 Å². The lowest BCUT2D eigenvalue weighted by Crippen LogP contribution is -2.40. The molecule has 2 aromatic rings. The summed E-state index contributed by atoms with van der Waals surface area (Å²) in [6.45, 7) is 1.25. The van der Waals surface area contributed by atoms with Crippen molar-refractivity contribution in [3.8, 4) is 0 Å². The number of aromatic nitrogens is 3. The Hall–Kier alpha value is -2.37. The molecular weight excluding hydrogens is 389 g/mol. The van der Waals surface area contributed by atoms with Crippen LogP contribution in [0.4, 0.5) is 4.39 Å². The zero-order valence-electron chi connectivity index (χ0n) is 15.4. The molecule has 152 valence electrons. The number of ether oxygens (including phenoxy) is 1. The average Bonchev–Trinajstić information content (AvgIpc) is 3.19. The lowest BCUT2D eigenvalue weighted by molar-refractivity contribution is 0.0932. The summed E-state index contributed by atoms with van der Waals surface area (Å²) in [5, 5.41) is 10.5.